The van der Waals surface area contributed by atoms with Crippen LogP contribution in [0, 0.1) is 13.8 Å². The molecule has 30 heavy (non-hydrogen) atoms. The molecule has 150 valence electrons. The van der Waals surface area contributed by atoms with Crippen LogP contribution in [0.5, 0.6) is 0 Å². The van der Waals surface area contributed by atoms with Gasteiger partial charge in [0.15, 0.2) is 5.69 Å². The van der Waals surface area contributed by atoms with Crippen LogP contribution in [0.4, 0.5) is 0 Å². The molecular weight excluding hydrogens is 374 g/mol. The molecule has 0 fully saturated rings. The first-order chi connectivity index (χ1) is 14.6. The number of benzene rings is 2. The molecule has 3 heterocycles. The topological polar surface area (TPSA) is 56.0 Å². The molecule has 0 bridgehead atoms. The van der Waals surface area contributed by atoms with E-state index in [1.807, 2.05) is 67.3 Å². The normalized spacial score (nSPS) is 15.8. The number of aryl methyl sites for hydroxylation is 1. The highest BCUT2D eigenvalue weighted by Gasteiger charge is 2.34. The van der Waals surface area contributed by atoms with E-state index in [0.29, 0.717) is 12.2 Å². The third kappa shape index (κ3) is 3.01. The quantitative estimate of drug-likeness (QED) is 0.526. The number of aromatic nitrogens is 4. The van der Waals surface area contributed by atoms with Gasteiger partial charge in [0, 0.05) is 25.0 Å². The van der Waals surface area contributed by atoms with Gasteiger partial charge in [0.25, 0.3) is 5.91 Å². The van der Waals surface area contributed by atoms with E-state index in [9.17, 15) is 4.79 Å². The van der Waals surface area contributed by atoms with E-state index >= 15 is 0 Å². The van der Waals surface area contributed by atoms with Crippen LogP contribution < -0.4 is 0 Å². The summed E-state index contributed by atoms with van der Waals surface area (Å²) >= 11 is 0. The number of amides is 1. The van der Waals surface area contributed by atoms with E-state index in [4.69, 9.17) is 0 Å². The SMILES string of the molecule is Cc1ccc(-n2nnc(C(=O)N3CCn4cccc4C3c3ccccc3)c2C)cc1. The van der Waals surface area contributed by atoms with Gasteiger partial charge in [0.2, 0.25) is 0 Å². The van der Waals surface area contributed by atoms with Gasteiger partial charge in [-0.2, -0.15) is 0 Å². The molecular formula is C24H23N5O. The Labute approximate surface area is 175 Å². The van der Waals surface area contributed by atoms with Crippen molar-refractivity contribution in [3.05, 3.63) is 101 Å². The fourth-order valence-electron chi connectivity index (χ4n) is 4.18. The summed E-state index contributed by atoms with van der Waals surface area (Å²) in [7, 11) is 0. The molecule has 6 nitrogen and oxygen atoms in total. The van der Waals surface area contributed by atoms with Crippen molar-refractivity contribution >= 4 is 5.91 Å². The predicted molar refractivity (Wildman–Crippen MR) is 115 cm³/mol. The standard InChI is InChI=1S/C24H23N5O/c1-17-10-12-20(13-11-17)29-18(2)22(25-26-29)24(30)28-16-15-27-14-6-9-21(27)23(28)19-7-4-3-5-8-19/h3-14,23H,15-16H2,1-2H3. The van der Waals surface area contributed by atoms with Gasteiger partial charge in [-0.15, -0.1) is 5.10 Å². The number of carbonyl (C=O) groups excluding carboxylic acids is 1. The third-order valence-corrected chi connectivity index (χ3v) is 5.79. The lowest BCUT2D eigenvalue weighted by molar-refractivity contribution is 0.0657. The van der Waals surface area contributed by atoms with Crippen molar-refractivity contribution in [1.82, 2.24) is 24.5 Å². The molecule has 4 aromatic rings. The molecule has 2 aromatic heterocycles. The molecule has 6 heteroatoms. The molecule has 0 aliphatic carbocycles. The maximum atomic E-state index is 13.6. The summed E-state index contributed by atoms with van der Waals surface area (Å²) in [6, 6.07) is 22.2. The summed E-state index contributed by atoms with van der Waals surface area (Å²) in [5.74, 6) is -0.0906. The Morgan fingerprint density at radius 3 is 2.47 bits per heavy atom. The molecule has 1 amide bonds. The van der Waals surface area contributed by atoms with Crippen molar-refractivity contribution in [2.75, 3.05) is 6.54 Å². The smallest absolute Gasteiger partial charge is 0.277 e. The minimum absolute atomic E-state index is 0.0906. The van der Waals surface area contributed by atoms with Crippen molar-refractivity contribution in [2.24, 2.45) is 0 Å². The third-order valence-electron chi connectivity index (χ3n) is 5.79. The van der Waals surface area contributed by atoms with E-state index < -0.39 is 0 Å². The molecule has 0 saturated carbocycles. The monoisotopic (exact) mass is 397 g/mol. The average Bonchev–Trinajstić information content (AvgIpc) is 3.40. The molecule has 0 saturated heterocycles. The zero-order valence-electron chi connectivity index (χ0n) is 17.1. The van der Waals surface area contributed by atoms with Crippen LogP contribution in [0.2, 0.25) is 0 Å². The number of hydrogen-bond donors (Lipinski definition) is 0. The molecule has 1 aliphatic heterocycles. The van der Waals surface area contributed by atoms with Crippen LogP contribution in [0.25, 0.3) is 5.69 Å². The molecule has 1 aliphatic rings. The van der Waals surface area contributed by atoms with Crippen molar-refractivity contribution in [1.29, 1.82) is 0 Å². The largest absolute Gasteiger partial charge is 0.348 e. The van der Waals surface area contributed by atoms with E-state index in [0.717, 1.165) is 29.2 Å². The molecule has 5 rings (SSSR count). The van der Waals surface area contributed by atoms with Crippen molar-refractivity contribution < 1.29 is 4.79 Å². The van der Waals surface area contributed by atoms with Gasteiger partial charge < -0.3 is 9.47 Å². The van der Waals surface area contributed by atoms with Crippen LogP contribution in [0.3, 0.4) is 0 Å². The van der Waals surface area contributed by atoms with E-state index in [2.05, 4.69) is 39.3 Å². The lowest BCUT2D eigenvalue weighted by Gasteiger charge is -2.37. The summed E-state index contributed by atoms with van der Waals surface area (Å²) in [5, 5.41) is 8.55. The van der Waals surface area contributed by atoms with Gasteiger partial charge in [0.05, 0.1) is 17.4 Å². The minimum Gasteiger partial charge on any atom is -0.348 e. The zero-order valence-corrected chi connectivity index (χ0v) is 17.1. The number of nitrogens with zero attached hydrogens (tertiary/aromatic N) is 5. The number of carbonyl (C=O) groups is 1. The molecule has 1 atom stereocenters. The summed E-state index contributed by atoms with van der Waals surface area (Å²) in [6.07, 6.45) is 2.08. The van der Waals surface area contributed by atoms with Gasteiger partial charge in [0.1, 0.15) is 0 Å². The number of fused-ring (bicyclic) bond motifs is 1. The first-order valence-corrected chi connectivity index (χ1v) is 10.1. The fraction of sp³-hybridized carbons (Fsp3) is 0.208. The Morgan fingerprint density at radius 2 is 1.70 bits per heavy atom. The highest BCUT2D eigenvalue weighted by atomic mass is 16.2. The second-order valence-corrected chi connectivity index (χ2v) is 7.71. The van der Waals surface area contributed by atoms with Crippen molar-refractivity contribution in [3.8, 4) is 5.69 Å². The van der Waals surface area contributed by atoms with Crippen LogP contribution >= 0.6 is 0 Å². The Hall–Kier alpha value is -3.67. The summed E-state index contributed by atoms with van der Waals surface area (Å²) in [4.78, 5) is 15.6. The van der Waals surface area contributed by atoms with Gasteiger partial charge in [-0.25, -0.2) is 4.68 Å². The predicted octanol–water partition coefficient (Wildman–Crippen LogP) is 3.93. The molecule has 2 aromatic carbocycles. The van der Waals surface area contributed by atoms with Gasteiger partial charge >= 0.3 is 0 Å². The average molecular weight is 397 g/mol. The van der Waals surface area contributed by atoms with E-state index in [-0.39, 0.29) is 11.9 Å². The Bertz CT molecular complexity index is 1190. The molecule has 0 N–H and O–H groups in total. The van der Waals surface area contributed by atoms with Crippen molar-refractivity contribution in [2.45, 2.75) is 26.4 Å². The highest BCUT2D eigenvalue weighted by molar-refractivity contribution is 5.94. The zero-order chi connectivity index (χ0) is 20.7. The van der Waals surface area contributed by atoms with Crippen LogP contribution in [0.15, 0.2) is 72.9 Å². The second-order valence-electron chi connectivity index (χ2n) is 7.71. The Morgan fingerprint density at radius 1 is 0.933 bits per heavy atom. The summed E-state index contributed by atoms with van der Waals surface area (Å²) in [6.45, 7) is 5.33. The molecule has 0 spiro atoms. The molecule has 1 unspecified atom stereocenters. The van der Waals surface area contributed by atoms with Crippen LogP contribution in [-0.4, -0.2) is 36.9 Å². The first kappa shape index (κ1) is 18.4. The maximum Gasteiger partial charge on any atom is 0.277 e. The number of hydrogen-bond acceptors (Lipinski definition) is 3. The lowest BCUT2D eigenvalue weighted by Crippen LogP contribution is -2.42. The van der Waals surface area contributed by atoms with E-state index in [1.54, 1.807) is 4.68 Å². The molecule has 0 radical (unpaired) electrons. The summed E-state index contributed by atoms with van der Waals surface area (Å²) in [5.41, 5.74) is 5.43. The van der Waals surface area contributed by atoms with Gasteiger partial charge in [-0.05, 0) is 43.7 Å². The Balaban J connectivity index is 1.53. The highest BCUT2D eigenvalue weighted by Crippen LogP contribution is 2.33. The lowest BCUT2D eigenvalue weighted by atomic mass is 9.99. The minimum atomic E-state index is -0.147. The van der Waals surface area contributed by atoms with Crippen molar-refractivity contribution in [3.63, 3.8) is 0 Å². The Kier molecular flexibility index (Phi) is 4.47. The van der Waals surface area contributed by atoms with Gasteiger partial charge in [-0.3, -0.25) is 4.79 Å². The van der Waals surface area contributed by atoms with E-state index in [1.165, 1.54) is 5.56 Å². The fourth-order valence-corrected chi connectivity index (χ4v) is 4.18. The van der Waals surface area contributed by atoms with Crippen LogP contribution in [0.1, 0.15) is 39.0 Å². The number of rotatable bonds is 3. The summed E-state index contributed by atoms with van der Waals surface area (Å²) < 4.78 is 3.95. The van der Waals surface area contributed by atoms with Crippen LogP contribution in [-0.2, 0) is 6.54 Å². The van der Waals surface area contributed by atoms with Gasteiger partial charge in [-0.1, -0.05) is 53.2 Å². The maximum absolute atomic E-state index is 13.6. The second kappa shape index (κ2) is 7.30. The first-order valence-electron chi connectivity index (χ1n) is 10.1.